The van der Waals surface area contributed by atoms with E-state index in [0.717, 1.165) is 0 Å². The van der Waals surface area contributed by atoms with Gasteiger partial charge in [-0.25, -0.2) is 10.2 Å². The number of nitrogens with zero attached hydrogens (tertiary/aromatic N) is 3. The first-order valence-electron chi connectivity index (χ1n) is 6.45. The minimum atomic E-state index is -0.296. The number of ether oxygens (including phenoxy) is 1. The topological polar surface area (TPSA) is 98.0 Å². The third kappa shape index (κ3) is 4.25. The molecule has 1 aromatic heterocycles. The lowest BCUT2D eigenvalue weighted by molar-refractivity contribution is 0.222. The molecule has 0 saturated carbocycles. The summed E-state index contributed by atoms with van der Waals surface area (Å²) >= 11 is 0. The third-order valence-electron chi connectivity index (χ3n) is 2.48. The van der Waals surface area contributed by atoms with Gasteiger partial charge in [0.05, 0.1) is 6.10 Å². The fourth-order valence-electron chi connectivity index (χ4n) is 1.58. The predicted octanol–water partition coefficient (Wildman–Crippen LogP) is 1.70. The second-order valence-corrected chi connectivity index (χ2v) is 4.52. The molecule has 2 rings (SSSR count). The second kappa shape index (κ2) is 6.80. The summed E-state index contributed by atoms with van der Waals surface area (Å²) < 4.78 is 18.9. The number of halogens is 1. The Morgan fingerprint density at radius 3 is 2.57 bits per heavy atom. The van der Waals surface area contributed by atoms with Crippen LogP contribution in [0.1, 0.15) is 19.4 Å². The molecule has 0 fully saturated rings. The smallest absolute Gasteiger partial charge is 0.323 e. The minimum Gasteiger partial charge on any atom is -0.461 e. The molecule has 4 N–H and O–H groups in total. The number of anilines is 2. The average molecular weight is 292 g/mol. The highest BCUT2D eigenvalue weighted by Crippen LogP contribution is 2.13. The molecular formula is C13H17FN6O. The number of rotatable bonds is 6. The Bertz CT molecular complexity index is 607. The molecule has 2 aromatic rings. The van der Waals surface area contributed by atoms with Crippen LogP contribution in [0.4, 0.5) is 16.3 Å². The van der Waals surface area contributed by atoms with Gasteiger partial charge in [0.25, 0.3) is 0 Å². The van der Waals surface area contributed by atoms with E-state index in [1.165, 1.54) is 6.07 Å². The van der Waals surface area contributed by atoms with Gasteiger partial charge in [-0.15, -0.1) is 0 Å². The maximum Gasteiger partial charge on any atom is 0.323 e. The molecule has 112 valence electrons. The number of aromatic nitrogens is 3. The average Bonchev–Trinajstić information content (AvgIpc) is 2.45. The zero-order chi connectivity index (χ0) is 15.2. The van der Waals surface area contributed by atoms with Crippen molar-refractivity contribution < 1.29 is 9.13 Å². The van der Waals surface area contributed by atoms with Crippen molar-refractivity contribution in [3.63, 3.8) is 0 Å². The summed E-state index contributed by atoms with van der Waals surface area (Å²) in [5.74, 6) is 5.42. The lowest BCUT2D eigenvalue weighted by atomic mass is 10.2. The van der Waals surface area contributed by atoms with Gasteiger partial charge in [0, 0.05) is 12.1 Å². The monoisotopic (exact) mass is 292 g/mol. The summed E-state index contributed by atoms with van der Waals surface area (Å²) in [7, 11) is 0. The van der Waals surface area contributed by atoms with Gasteiger partial charge in [-0.05, 0) is 19.9 Å². The second-order valence-electron chi connectivity index (χ2n) is 4.52. The highest BCUT2D eigenvalue weighted by Gasteiger charge is 2.09. The summed E-state index contributed by atoms with van der Waals surface area (Å²) in [6.45, 7) is 3.94. The van der Waals surface area contributed by atoms with Crippen molar-refractivity contribution in [1.29, 1.82) is 0 Å². The lowest BCUT2D eigenvalue weighted by Gasteiger charge is -2.11. The van der Waals surface area contributed by atoms with Gasteiger partial charge in [-0.2, -0.15) is 15.0 Å². The highest BCUT2D eigenvalue weighted by atomic mass is 19.1. The van der Waals surface area contributed by atoms with Crippen LogP contribution < -0.4 is 21.3 Å². The number of hydrogen-bond acceptors (Lipinski definition) is 7. The van der Waals surface area contributed by atoms with E-state index in [1.807, 2.05) is 13.8 Å². The van der Waals surface area contributed by atoms with Crippen LogP contribution in [0.25, 0.3) is 0 Å². The van der Waals surface area contributed by atoms with Crippen LogP contribution in [-0.4, -0.2) is 21.1 Å². The zero-order valence-electron chi connectivity index (χ0n) is 11.8. The molecule has 0 atom stereocenters. The molecular weight excluding hydrogens is 275 g/mol. The quantitative estimate of drug-likeness (QED) is 0.550. The Hall–Kier alpha value is -2.48. The van der Waals surface area contributed by atoms with Crippen LogP contribution in [0.15, 0.2) is 24.3 Å². The zero-order valence-corrected chi connectivity index (χ0v) is 11.8. The molecule has 1 aromatic carbocycles. The summed E-state index contributed by atoms with van der Waals surface area (Å²) in [6.07, 6.45) is -0.0857. The molecule has 0 aliphatic carbocycles. The molecule has 0 saturated heterocycles. The van der Waals surface area contributed by atoms with E-state index in [9.17, 15) is 4.39 Å². The number of nitrogens with two attached hydrogens (primary N) is 1. The van der Waals surface area contributed by atoms with Gasteiger partial charge in [0.15, 0.2) is 0 Å². The predicted molar refractivity (Wildman–Crippen MR) is 77.1 cm³/mol. The molecule has 0 aliphatic rings. The Kier molecular flexibility index (Phi) is 4.83. The van der Waals surface area contributed by atoms with Gasteiger partial charge in [-0.1, -0.05) is 18.2 Å². The van der Waals surface area contributed by atoms with E-state index < -0.39 is 0 Å². The molecule has 0 aliphatic heterocycles. The molecule has 7 nitrogen and oxygen atoms in total. The van der Waals surface area contributed by atoms with Crippen LogP contribution in [0, 0.1) is 5.82 Å². The van der Waals surface area contributed by atoms with E-state index in [-0.39, 0.29) is 36.4 Å². The fourth-order valence-corrected chi connectivity index (χ4v) is 1.58. The van der Waals surface area contributed by atoms with E-state index in [1.54, 1.807) is 18.2 Å². The van der Waals surface area contributed by atoms with Crippen LogP contribution >= 0.6 is 0 Å². The maximum absolute atomic E-state index is 13.5. The first-order valence-corrected chi connectivity index (χ1v) is 6.45. The Labute approximate surface area is 121 Å². The summed E-state index contributed by atoms with van der Waals surface area (Å²) in [4.78, 5) is 12.1. The Morgan fingerprint density at radius 2 is 1.90 bits per heavy atom. The van der Waals surface area contributed by atoms with Crippen LogP contribution in [0.3, 0.4) is 0 Å². The van der Waals surface area contributed by atoms with Crippen molar-refractivity contribution in [3.05, 3.63) is 35.6 Å². The molecule has 0 amide bonds. The Morgan fingerprint density at radius 1 is 1.19 bits per heavy atom. The van der Waals surface area contributed by atoms with Gasteiger partial charge in [0.2, 0.25) is 11.9 Å². The van der Waals surface area contributed by atoms with Gasteiger partial charge in [-0.3, -0.25) is 5.43 Å². The van der Waals surface area contributed by atoms with Crippen LogP contribution in [0.5, 0.6) is 6.01 Å². The Balaban J connectivity index is 2.13. The number of nitrogens with one attached hydrogen (secondary N) is 2. The van der Waals surface area contributed by atoms with Crippen molar-refractivity contribution >= 4 is 11.9 Å². The first-order chi connectivity index (χ1) is 10.1. The van der Waals surface area contributed by atoms with Gasteiger partial charge >= 0.3 is 6.01 Å². The molecule has 0 spiro atoms. The number of hydrazine groups is 1. The molecule has 0 bridgehead atoms. The van der Waals surface area contributed by atoms with Crippen molar-refractivity contribution in [2.75, 3.05) is 10.7 Å². The van der Waals surface area contributed by atoms with Crippen LogP contribution in [-0.2, 0) is 6.54 Å². The SMILES string of the molecule is CC(C)Oc1nc(NN)nc(NCc2ccccc2F)n1. The number of hydrogen-bond donors (Lipinski definition) is 3. The molecule has 21 heavy (non-hydrogen) atoms. The van der Waals surface area contributed by atoms with E-state index >= 15 is 0 Å². The lowest BCUT2D eigenvalue weighted by Crippen LogP contribution is -2.16. The number of nitrogen functional groups attached to an aromatic ring is 1. The first kappa shape index (κ1) is 14.9. The van der Waals surface area contributed by atoms with Gasteiger partial charge < -0.3 is 10.1 Å². The molecule has 0 unspecified atom stereocenters. The van der Waals surface area contributed by atoms with Crippen molar-refractivity contribution in [3.8, 4) is 6.01 Å². The summed E-state index contributed by atoms with van der Waals surface area (Å²) in [5.41, 5.74) is 2.84. The minimum absolute atomic E-state index is 0.0857. The molecule has 8 heteroatoms. The third-order valence-corrected chi connectivity index (χ3v) is 2.48. The van der Waals surface area contributed by atoms with E-state index in [0.29, 0.717) is 5.56 Å². The van der Waals surface area contributed by atoms with E-state index in [2.05, 4.69) is 25.7 Å². The molecule has 1 heterocycles. The molecule has 0 radical (unpaired) electrons. The van der Waals surface area contributed by atoms with Gasteiger partial charge in [0.1, 0.15) is 5.82 Å². The van der Waals surface area contributed by atoms with Crippen molar-refractivity contribution in [2.45, 2.75) is 26.5 Å². The highest BCUT2D eigenvalue weighted by molar-refractivity contribution is 5.36. The fraction of sp³-hybridized carbons (Fsp3) is 0.308. The standard InChI is InChI=1S/C13H17FN6O/c1-8(2)21-13-18-11(17-12(19-13)20-15)16-7-9-5-3-4-6-10(9)14/h3-6,8H,7,15H2,1-2H3,(H2,16,17,18,19,20). The maximum atomic E-state index is 13.5. The normalized spacial score (nSPS) is 10.5. The number of benzene rings is 1. The van der Waals surface area contributed by atoms with E-state index in [4.69, 9.17) is 10.6 Å². The largest absolute Gasteiger partial charge is 0.461 e. The summed E-state index contributed by atoms with van der Waals surface area (Å²) in [6, 6.07) is 6.60. The van der Waals surface area contributed by atoms with Crippen molar-refractivity contribution in [2.24, 2.45) is 5.84 Å². The van der Waals surface area contributed by atoms with Crippen LogP contribution in [0.2, 0.25) is 0 Å². The van der Waals surface area contributed by atoms with Crippen molar-refractivity contribution in [1.82, 2.24) is 15.0 Å². The summed E-state index contributed by atoms with van der Waals surface area (Å²) in [5, 5.41) is 2.91.